The van der Waals surface area contributed by atoms with E-state index in [-0.39, 0.29) is 11.5 Å². The molecule has 0 atom stereocenters. The minimum absolute atomic E-state index is 0.131. The minimum Gasteiger partial charge on any atom is -0.492 e. The Morgan fingerprint density at radius 2 is 1.71 bits per heavy atom. The average Bonchev–Trinajstić information content (AvgIpc) is 2.85. The van der Waals surface area contributed by atoms with E-state index in [1.807, 2.05) is 31.2 Å². The van der Waals surface area contributed by atoms with E-state index >= 15 is 0 Å². The van der Waals surface area contributed by atoms with Gasteiger partial charge in [0.2, 0.25) is 0 Å². The SMILES string of the molecule is Cc1cccc(C(=O)Nc2cc(C(=O)O)ccc2N2CCN(CCOc3ccc(Cl)cc3)CC2)c1. The van der Waals surface area contributed by atoms with E-state index in [0.29, 0.717) is 22.9 Å². The van der Waals surface area contributed by atoms with E-state index in [0.717, 1.165) is 49.7 Å². The molecule has 0 spiro atoms. The number of hydrogen-bond acceptors (Lipinski definition) is 5. The normalized spacial score (nSPS) is 13.9. The van der Waals surface area contributed by atoms with Gasteiger partial charge in [0.1, 0.15) is 12.4 Å². The van der Waals surface area contributed by atoms with Crippen molar-refractivity contribution in [2.75, 3.05) is 49.5 Å². The number of anilines is 2. The number of ether oxygens (including phenoxy) is 1. The molecule has 0 aliphatic carbocycles. The van der Waals surface area contributed by atoms with Crippen molar-refractivity contribution in [2.45, 2.75) is 6.92 Å². The van der Waals surface area contributed by atoms with Gasteiger partial charge in [-0.3, -0.25) is 9.69 Å². The number of hydrogen-bond donors (Lipinski definition) is 2. The third-order valence-corrected chi connectivity index (χ3v) is 6.23. The van der Waals surface area contributed by atoms with Crippen LogP contribution < -0.4 is 15.0 Å². The summed E-state index contributed by atoms with van der Waals surface area (Å²) in [6.07, 6.45) is 0. The highest BCUT2D eigenvalue weighted by molar-refractivity contribution is 6.30. The summed E-state index contributed by atoms with van der Waals surface area (Å²) in [5.41, 5.74) is 2.95. The molecule has 1 aliphatic heterocycles. The average molecular weight is 494 g/mol. The van der Waals surface area contributed by atoms with Crippen molar-refractivity contribution in [2.24, 2.45) is 0 Å². The summed E-state index contributed by atoms with van der Waals surface area (Å²) >= 11 is 5.91. The molecule has 35 heavy (non-hydrogen) atoms. The third kappa shape index (κ3) is 6.53. The second kappa shape index (κ2) is 11.3. The Labute approximate surface area is 209 Å². The van der Waals surface area contributed by atoms with Gasteiger partial charge in [-0.05, 0) is 61.5 Å². The van der Waals surface area contributed by atoms with Crippen molar-refractivity contribution in [3.63, 3.8) is 0 Å². The van der Waals surface area contributed by atoms with E-state index in [2.05, 4.69) is 15.1 Å². The first-order chi connectivity index (χ1) is 16.9. The second-order valence-electron chi connectivity index (χ2n) is 8.49. The van der Waals surface area contributed by atoms with Crippen molar-refractivity contribution < 1.29 is 19.4 Å². The van der Waals surface area contributed by atoms with E-state index in [9.17, 15) is 14.7 Å². The molecule has 0 radical (unpaired) electrons. The molecule has 182 valence electrons. The Morgan fingerprint density at radius 3 is 2.40 bits per heavy atom. The fraction of sp³-hybridized carbons (Fsp3) is 0.259. The zero-order valence-corrected chi connectivity index (χ0v) is 20.3. The Morgan fingerprint density at radius 1 is 0.971 bits per heavy atom. The smallest absolute Gasteiger partial charge is 0.335 e. The Balaban J connectivity index is 1.39. The minimum atomic E-state index is -1.03. The maximum absolute atomic E-state index is 12.9. The highest BCUT2D eigenvalue weighted by Gasteiger charge is 2.21. The predicted molar refractivity (Wildman–Crippen MR) is 138 cm³/mol. The summed E-state index contributed by atoms with van der Waals surface area (Å²) < 4.78 is 5.81. The molecule has 1 heterocycles. The Kier molecular flexibility index (Phi) is 7.90. The summed E-state index contributed by atoms with van der Waals surface area (Å²) in [6, 6.07) is 19.5. The number of piperazine rings is 1. The van der Waals surface area contributed by atoms with Crippen LogP contribution in [0.4, 0.5) is 11.4 Å². The second-order valence-corrected chi connectivity index (χ2v) is 8.93. The quantitative estimate of drug-likeness (QED) is 0.469. The van der Waals surface area contributed by atoms with Crippen LogP contribution in [-0.2, 0) is 0 Å². The van der Waals surface area contributed by atoms with Gasteiger partial charge in [0.15, 0.2) is 0 Å². The monoisotopic (exact) mass is 493 g/mol. The van der Waals surface area contributed by atoms with Crippen molar-refractivity contribution in [3.05, 3.63) is 88.4 Å². The summed E-state index contributed by atoms with van der Waals surface area (Å²) in [4.78, 5) is 28.9. The molecule has 0 saturated carbocycles. The van der Waals surface area contributed by atoms with Gasteiger partial charge in [-0.2, -0.15) is 0 Å². The van der Waals surface area contributed by atoms with E-state index in [4.69, 9.17) is 16.3 Å². The van der Waals surface area contributed by atoms with Crippen molar-refractivity contribution in [1.82, 2.24) is 4.90 Å². The summed E-state index contributed by atoms with van der Waals surface area (Å²) in [7, 11) is 0. The van der Waals surface area contributed by atoms with E-state index in [1.54, 1.807) is 36.4 Å². The molecule has 1 saturated heterocycles. The number of carbonyl (C=O) groups excluding carboxylic acids is 1. The number of amides is 1. The van der Waals surface area contributed by atoms with Gasteiger partial charge in [0, 0.05) is 43.3 Å². The number of halogens is 1. The van der Waals surface area contributed by atoms with E-state index in [1.165, 1.54) is 6.07 Å². The van der Waals surface area contributed by atoms with Crippen LogP contribution in [0.3, 0.4) is 0 Å². The first-order valence-electron chi connectivity index (χ1n) is 11.5. The van der Waals surface area contributed by atoms with Crippen LogP contribution in [-0.4, -0.2) is 61.2 Å². The highest BCUT2D eigenvalue weighted by Crippen LogP contribution is 2.29. The van der Waals surface area contributed by atoms with Gasteiger partial charge in [0.05, 0.1) is 16.9 Å². The van der Waals surface area contributed by atoms with Crippen molar-refractivity contribution in [3.8, 4) is 5.75 Å². The Bertz CT molecular complexity index is 1190. The summed E-state index contributed by atoms with van der Waals surface area (Å²) in [5, 5.41) is 13.1. The molecule has 2 N–H and O–H groups in total. The highest BCUT2D eigenvalue weighted by atomic mass is 35.5. The number of carbonyl (C=O) groups is 2. The fourth-order valence-electron chi connectivity index (χ4n) is 4.06. The largest absolute Gasteiger partial charge is 0.492 e. The van der Waals surface area contributed by atoms with Crippen LogP contribution in [0, 0.1) is 6.92 Å². The number of aromatic carboxylic acids is 1. The maximum atomic E-state index is 12.9. The zero-order chi connectivity index (χ0) is 24.8. The molecule has 0 aromatic heterocycles. The number of aryl methyl sites for hydroxylation is 1. The molecular weight excluding hydrogens is 466 g/mol. The van der Waals surface area contributed by atoms with Crippen LogP contribution in [0.15, 0.2) is 66.7 Å². The van der Waals surface area contributed by atoms with Crippen LogP contribution >= 0.6 is 11.6 Å². The van der Waals surface area contributed by atoms with Gasteiger partial charge in [-0.1, -0.05) is 29.3 Å². The number of benzene rings is 3. The molecule has 0 bridgehead atoms. The van der Waals surface area contributed by atoms with Gasteiger partial charge in [-0.25, -0.2) is 4.79 Å². The van der Waals surface area contributed by atoms with Crippen LogP contribution in [0.25, 0.3) is 0 Å². The first kappa shape index (κ1) is 24.6. The van der Waals surface area contributed by atoms with Crippen LogP contribution in [0.1, 0.15) is 26.3 Å². The number of carboxylic acids is 1. The Hall–Kier alpha value is -3.55. The zero-order valence-electron chi connectivity index (χ0n) is 19.5. The molecule has 3 aromatic rings. The summed E-state index contributed by atoms with van der Waals surface area (Å²) in [6.45, 7) is 6.46. The molecule has 4 rings (SSSR count). The number of rotatable bonds is 8. The van der Waals surface area contributed by atoms with E-state index < -0.39 is 5.97 Å². The molecular formula is C27H28ClN3O4. The standard InChI is InChI=1S/C27H28ClN3O4/c1-19-3-2-4-20(17-19)26(32)29-24-18-21(27(33)34)5-10-25(24)31-13-11-30(12-14-31)15-16-35-23-8-6-22(28)7-9-23/h2-10,17-18H,11-16H2,1H3,(H,29,32)(H,33,34). The lowest BCUT2D eigenvalue weighted by atomic mass is 10.1. The van der Waals surface area contributed by atoms with Gasteiger partial charge < -0.3 is 20.1 Å². The molecule has 8 heteroatoms. The molecule has 3 aromatic carbocycles. The maximum Gasteiger partial charge on any atom is 0.335 e. The van der Waals surface area contributed by atoms with Gasteiger partial charge in [0.25, 0.3) is 5.91 Å². The van der Waals surface area contributed by atoms with Crippen LogP contribution in [0.5, 0.6) is 5.75 Å². The van der Waals surface area contributed by atoms with Crippen molar-refractivity contribution >= 4 is 34.9 Å². The lowest BCUT2D eigenvalue weighted by molar-refractivity contribution is 0.0696. The molecule has 0 unspecified atom stereocenters. The first-order valence-corrected chi connectivity index (χ1v) is 11.9. The summed E-state index contributed by atoms with van der Waals surface area (Å²) in [5.74, 6) is -0.510. The lowest BCUT2D eigenvalue weighted by Crippen LogP contribution is -2.47. The number of nitrogens with zero attached hydrogens (tertiary/aromatic N) is 2. The fourth-order valence-corrected chi connectivity index (χ4v) is 4.19. The molecule has 1 aliphatic rings. The van der Waals surface area contributed by atoms with Gasteiger partial charge in [-0.15, -0.1) is 0 Å². The predicted octanol–water partition coefficient (Wildman–Crippen LogP) is 4.80. The number of carboxylic acid groups (broad SMARTS) is 1. The third-order valence-electron chi connectivity index (χ3n) is 5.97. The molecule has 1 fully saturated rings. The van der Waals surface area contributed by atoms with Crippen LogP contribution in [0.2, 0.25) is 5.02 Å². The molecule has 1 amide bonds. The van der Waals surface area contributed by atoms with Gasteiger partial charge >= 0.3 is 5.97 Å². The topological polar surface area (TPSA) is 82.1 Å². The number of nitrogens with one attached hydrogen (secondary N) is 1. The molecule has 7 nitrogen and oxygen atoms in total. The lowest BCUT2D eigenvalue weighted by Gasteiger charge is -2.37. The van der Waals surface area contributed by atoms with Crippen molar-refractivity contribution in [1.29, 1.82) is 0 Å².